The quantitative estimate of drug-likeness (QED) is 0.659. The van der Waals surface area contributed by atoms with E-state index in [-0.39, 0.29) is 0 Å². The molecule has 0 aliphatic heterocycles. The normalized spacial score (nSPS) is 16.8. The van der Waals surface area contributed by atoms with Crippen molar-refractivity contribution in [1.82, 2.24) is 4.57 Å². The molecule has 0 atom stereocenters. The predicted molar refractivity (Wildman–Crippen MR) is 56.6 cm³/mol. The predicted octanol–water partition coefficient (Wildman–Crippen LogP) is 2.62. The Kier molecular flexibility index (Phi) is 2.22. The molecular formula is C12H17NO. The molecular weight excluding hydrogens is 174 g/mol. The summed E-state index contributed by atoms with van der Waals surface area (Å²) >= 11 is 0. The number of hydrogen-bond acceptors (Lipinski definition) is 1. The van der Waals surface area contributed by atoms with Crippen LogP contribution in [0.15, 0.2) is 6.07 Å². The second kappa shape index (κ2) is 3.26. The maximum atomic E-state index is 12.0. The number of nitrogens with zero attached hydrogens (tertiary/aromatic N) is 1. The molecule has 1 aromatic rings. The molecule has 0 aromatic carbocycles. The van der Waals surface area contributed by atoms with Crippen LogP contribution in [-0.4, -0.2) is 10.4 Å². The number of carbonyl (C=O) groups excluding carboxylic acids is 1. The molecule has 1 heterocycles. The lowest BCUT2D eigenvalue weighted by molar-refractivity contribution is 0.0854. The van der Waals surface area contributed by atoms with Crippen LogP contribution in [0.25, 0.3) is 0 Å². The molecule has 2 heteroatoms. The molecule has 0 saturated heterocycles. The van der Waals surface area contributed by atoms with E-state index in [9.17, 15) is 4.79 Å². The molecule has 0 unspecified atom stereocenters. The SMILES string of the molecule is Cc1cc(C(=O)C2CCC2)c(C)n1C. The Hall–Kier alpha value is -1.05. The maximum absolute atomic E-state index is 12.0. The average molecular weight is 191 g/mol. The molecule has 2 rings (SSSR count). The van der Waals surface area contributed by atoms with E-state index in [0.717, 1.165) is 24.1 Å². The van der Waals surface area contributed by atoms with Gasteiger partial charge in [0.25, 0.3) is 0 Å². The third-order valence-electron chi connectivity index (χ3n) is 3.52. The third kappa shape index (κ3) is 1.29. The number of carbonyl (C=O) groups is 1. The molecule has 0 amide bonds. The minimum atomic E-state index is 0.315. The zero-order valence-corrected chi connectivity index (χ0v) is 9.13. The van der Waals surface area contributed by atoms with E-state index >= 15 is 0 Å². The summed E-state index contributed by atoms with van der Waals surface area (Å²) in [7, 11) is 2.02. The highest BCUT2D eigenvalue weighted by atomic mass is 16.1. The first-order chi connectivity index (χ1) is 6.61. The monoisotopic (exact) mass is 191 g/mol. The van der Waals surface area contributed by atoms with Crippen molar-refractivity contribution in [2.24, 2.45) is 13.0 Å². The summed E-state index contributed by atoms with van der Waals surface area (Å²) < 4.78 is 2.09. The van der Waals surface area contributed by atoms with Crippen molar-refractivity contribution < 1.29 is 4.79 Å². The molecule has 1 aliphatic rings. The van der Waals surface area contributed by atoms with Crippen LogP contribution in [0.1, 0.15) is 41.0 Å². The summed E-state index contributed by atoms with van der Waals surface area (Å²) in [6, 6.07) is 2.02. The average Bonchev–Trinajstić information content (AvgIpc) is 2.30. The Morgan fingerprint density at radius 1 is 1.43 bits per heavy atom. The summed E-state index contributed by atoms with van der Waals surface area (Å²) in [6.07, 6.45) is 3.40. The molecule has 76 valence electrons. The van der Waals surface area contributed by atoms with Gasteiger partial charge < -0.3 is 4.57 Å². The Bertz CT molecular complexity index is 372. The van der Waals surface area contributed by atoms with Gasteiger partial charge >= 0.3 is 0 Å². The lowest BCUT2D eigenvalue weighted by atomic mass is 9.80. The fourth-order valence-corrected chi connectivity index (χ4v) is 2.00. The van der Waals surface area contributed by atoms with E-state index in [1.807, 2.05) is 27.0 Å². The standard InChI is InChI=1S/C12H17NO/c1-8-7-11(9(2)13(8)3)12(14)10-5-4-6-10/h7,10H,4-6H2,1-3H3. The molecule has 1 fully saturated rings. The Morgan fingerprint density at radius 3 is 2.43 bits per heavy atom. The van der Waals surface area contributed by atoms with Gasteiger partial charge in [-0.05, 0) is 32.8 Å². The largest absolute Gasteiger partial charge is 0.351 e. The number of rotatable bonds is 2. The highest BCUT2D eigenvalue weighted by Gasteiger charge is 2.28. The van der Waals surface area contributed by atoms with Crippen LogP contribution in [0, 0.1) is 19.8 Å². The summed E-state index contributed by atoms with van der Waals surface area (Å²) in [5.41, 5.74) is 3.22. The van der Waals surface area contributed by atoms with Crippen molar-refractivity contribution in [3.8, 4) is 0 Å². The van der Waals surface area contributed by atoms with E-state index < -0.39 is 0 Å². The second-order valence-electron chi connectivity index (χ2n) is 4.34. The van der Waals surface area contributed by atoms with Crippen LogP contribution < -0.4 is 0 Å². The van der Waals surface area contributed by atoms with Gasteiger partial charge in [0.15, 0.2) is 5.78 Å². The van der Waals surface area contributed by atoms with Crippen LogP contribution in [0.2, 0.25) is 0 Å². The zero-order valence-electron chi connectivity index (χ0n) is 9.13. The van der Waals surface area contributed by atoms with Gasteiger partial charge in [0.05, 0.1) is 0 Å². The first-order valence-corrected chi connectivity index (χ1v) is 5.28. The van der Waals surface area contributed by atoms with E-state index in [2.05, 4.69) is 4.57 Å². The van der Waals surface area contributed by atoms with Crippen LogP contribution in [-0.2, 0) is 7.05 Å². The lowest BCUT2D eigenvalue weighted by Crippen LogP contribution is -2.22. The molecule has 2 nitrogen and oxygen atoms in total. The van der Waals surface area contributed by atoms with E-state index in [4.69, 9.17) is 0 Å². The zero-order chi connectivity index (χ0) is 10.3. The van der Waals surface area contributed by atoms with Crippen LogP contribution in [0.5, 0.6) is 0 Å². The maximum Gasteiger partial charge on any atom is 0.167 e. The van der Waals surface area contributed by atoms with Crippen molar-refractivity contribution in [3.05, 3.63) is 23.0 Å². The molecule has 1 aromatic heterocycles. The van der Waals surface area contributed by atoms with E-state index in [1.54, 1.807) is 0 Å². The molecule has 14 heavy (non-hydrogen) atoms. The summed E-state index contributed by atoms with van der Waals surface area (Å²) in [4.78, 5) is 12.0. The Balaban J connectivity index is 2.31. The van der Waals surface area contributed by atoms with Gasteiger partial charge in [-0.15, -0.1) is 0 Å². The van der Waals surface area contributed by atoms with Gasteiger partial charge in [0, 0.05) is 29.9 Å². The first-order valence-electron chi connectivity index (χ1n) is 5.28. The molecule has 1 saturated carbocycles. The van der Waals surface area contributed by atoms with Gasteiger partial charge in [-0.25, -0.2) is 0 Å². The minimum Gasteiger partial charge on any atom is -0.351 e. The first kappa shape index (κ1) is 9.50. The van der Waals surface area contributed by atoms with Crippen molar-refractivity contribution >= 4 is 5.78 Å². The van der Waals surface area contributed by atoms with Crippen LogP contribution in [0.3, 0.4) is 0 Å². The Labute approximate surface area is 84.9 Å². The van der Waals surface area contributed by atoms with Crippen molar-refractivity contribution in [2.75, 3.05) is 0 Å². The van der Waals surface area contributed by atoms with Crippen molar-refractivity contribution in [3.63, 3.8) is 0 Å². The number of Topliss-reactive ketones (excluding diaryl/α,β-unsaturated/α-hetero) is 1. The summed E-state index contributed by atoms with van der Waals surface area (Å²) in [5.74, 6) is 0.674. The van der Waals surface area contributed by atoms with Gasteiger partial charge in [0.1, 0.15) is 0 Å². The lowest BCUT2D eigenvalue weighted by Gasteiger charge is -2.23. The fraction of sp³-hybridized carbons (Fsp3) is 0.583. The third-order valence-corrected chi connectivity index (χ3v) is 3.52. The smallest absolute Gasteiger partial charge is 0.167 e. The molecule has 0 radical (unpaired) electrons. The minimum absolute atomic E-state index is 0.315. The highest BCUT2D eigenvalue weighted by molar-refractivity contribution is 5.99. The van der Waals surface area contributed by atoms with Gasteiger partial charge in [0.2, 0.25) is 0 Å². The highest BCUT2D eigenvalue weighted by Crippen LogP contribution is 2.31. The Morgan fingerprint density at radius 2 is 2.07 bits per heavy atom. The molecule has 0 bridgehead atoms. The fourth-order valence-electron chi connectivity index (χ4n) is 2.00. The van der Waals surface area contributed by atoms with Gasteiger partial charge in [-0.1, -0.05) is 6.42 Å². The molecule has 0 N–H and O–H groups in total. The van der Waals surface area contributed by atoms with Gasteiger partial charge in [-0.3, -0.25) is 4.79 Å². The molecule has 1 aliphatic carbocycles. The second-order valence-corrected chi connectivity index (χ2v) is 4.34. The van der Waals surface area contributed by atoms with E-state index in [1.165, 1.54) is 12.1 Å². The topological polar surface area (TPSA) is 22.0 Å². The van der Waals surface area contributed by atoms with Crippen LogP contribution >= 0.6 is 0 Å². The summed E-state index contributed by atoms with van der Waals surface area (Å²) in [6.45, 7) is 4.07. The van der Waals surface area contributed by atoms with Crippen molar-refractivity contribution in [1.29, 1.82) is 0 Å². The van der Waals surface area contributed by atoms with Crippen LogP contribution in [0.4, 0.5) is 0 Å². The van der Waals surface area contributed by atoms with E-state index in [0.29, 0.717) is 11.7 Å². The number of hydrogen-bond donors (Lipinski definition) is 0. The number of aryl methyl sites for hydroxylation is 1. The molecule has 0 spiro atoms. The van der Waals surface area contributed by atoms with Crippen molar-refractivity contribution in [2.45, 2.75) is 33.1 Å². The van der Waals surface area contributed by atoms with Gasteiger partial charge in [-0.2, -0.15) is 0 Å². The number of aromatic nitrogens is 1. The number of ketones is 1. The summed E-state index contributed by atoms with van der Waals surface area (Å²) in [5, 5.41) is 0.